The van der Waals surface area contributed by atoms with Crippen molar-refractivity contribution in [1.82, 2.24) is 9.55 Å². The van der Waals surface area contributed by atoms with Crippen LogP contribution in [0.2, 0.25) is 0 Å². The molecule has 0 radical (unpaired) electrons. The maximum Gasteiger partial charge on any atom is 0.320 e. The standard InChI is InChI=1S/C14H17F2N3O/c1-2-11(17)10-5-3-4-6-12(10)20-9-13-18-7-8-19(13)14(15)16/h3-8,11,14H,2,9,17H2,1H3/t11-/m0/s1. The Hall–Kier alpha value is -1.95. The molecule has 1 aromatic heterocycles. The second-order valence-corrected chi connectivity index (χ2v) is 4.37. The van der Waals surface area contributed by atoms with Crippen LogP contribution < -0.4 is 10.5 Å². The van der Waals surface area contributed by atoms with Crippen molar-refractivity contribution in [1.29, 1.82) is 0 Å². The van der Waals surface area contributed by atoms with Crippen molar-refractivity contribution in [3.05, 3.63) is 48.0 Å². The largest absolute Gasteiger partial charge is 0.485 e. The molecule has 0 saturated carbocycles. The summed E-state index contributed by atoms with van der Waals surface area (Å²) in [7, 11) is 0. The molecule has 0 fully saturated rings. The zero-order chi connectivity index (χ0) is 14.5. The average Bonchev–Trinajstić information content (AvgIpc) is 2.93. The fraction of sp³-hybridized carbons (Fsp3) is 0.357. The van der Waals surface area contributed by atoms with Crippen molar-refractivity contribution in [3.63, 3.8) is 0 Å². The van der Waals surface area contributed by atoms with E-state index in [-0.39, 0.29) is 18.5 Å². The second-order valence-electron chi connectivity index (χ2n) is 4.37. The zero-order valence-corrected chi connectivity index (χ0v) is 11.2. The highest BCUT2D eigenvalue weighted by Crippen LogP contribution is 2.26. The van der Waals surface area contributed by atoms with Crippen LogP contribution >= 0.6 is 0 Å². The Balaban J connectivity index is 2.13. The van der Waals surface area contributed by atoms with Gasteiger partial charge in [-0.2, -0.15) is 8.78 Å². The minimum atomic E-state index is -2.62. The van der Waals surface area contributed by atoms with Gasteiger partial charge >= 0.3 is 6.55 Å². The summed E-state index contributed by atoms with van der Waals surface area (Å²) in [6.07, 6.45) is 3.33. The lowest BCUT2D eigenvalue weighted by Gasteiger charge is -2.15. The van der Waals surface area contributed by atoms with Crippen LogP contribution in [0.15, 0.2) is 36.7 Å². The predicted molar refractivity (Wildman–Crippen MR) is 71.5 cm³/mol. The van der Waals surface area contributed by atoms with Gasteiger partial charge < -0.3 is 10.5 Å². The number of benzene rings is 1. The van der Waals surface area contributed by atoms with Crippen LogP contribution in [-0.4, -0.2) is 9.55 Å². The fourth-order valence-corrected chi connectivity index (χ4v) is 1.91. The molecule has 108 valence electrons. The van der Waals surface area contributed by atoms with Gasteiger partial charge in [-0.1, -0.05) is 25.1 Å². The van der Waals surface area contributed by atoms with Gasteiger partial charge in [-0.05, 0) is 12.5 Å². The number of rotatable bonds is 6. The summed E-state index contributed by atoms with van der Waals surface area (Å²) in [5.41, 5.74) is 6.87. The first-order valence-corrected chi connectivity index (χ1v) is 6.40. The van der Waals surface area contributed by atoms with Gasteiger partial charge in [0, 0.05) is 24.0 Å². The van der Waals surface area contributed by atoms with Gasteiger partial charge in [-0.25, -0.2) is 4.98 Å². The van der Waals surface area contributed by atoms with E-state index in [2.05, 4.69) is 4.98 Å². The number of imidazole rings is 1. The maximum atomic E-state index is 12.7. The molecule has 0 spiro atoms. The van der Waals surface area contributed by atoms with Gasteiger partial charge in [-0.15, -0.1) is 0 Å². The van der Waals surface area contributed by atoms with E-state index in [0.29, 0.717) is 5.75 Å². The smallest absolute Gasteiger partial charge is 0.320 e. The Labute approximate surface area is 116 Å². The highest BCUT2D eigenvalue weighted by molar-refractivity contribution is 5.35. The van der Waals surface area contributed by atoms with E-state index in [4.69, 9.17) is 10.5 Å². The Morgan fingerprint density at radius 1 is 1.35 bits per heavy atom. The first-order chi connectivity index (χ1) is 9.63. The molecule has 2 rings (SSSR count). The lowest BCUT2D eigenvalue weighted by Crippen LogP contribution is -2.12. The summed E-state index contributed by atoms with van der Waals surface area (Å²) in [6, 6.07) is 7.21. The van der Waals surface area contributed by atoms with Crippen LogP contribution in [0.4, 0.5) is 8.78 Å². The fourth-order valence-electron chi connectivity index (χ4n) is 1.91. The molecule has 0 aliphatic heterocycles. The molecule has 20 heavy (non-hydrogen) atoms. The summed E-state index contributed by atoms with van der Waals surface area (Å²) < 4.78 is 31.8. The molecule has 0 unspecified atom stereocenters. The molecule has 2 aromatic rings. The van der Waals surface area contributed by atoms with Crippen molar-refractivity contribution in [3.8, 4) is 5.75 Å². The molecule has 0 saturated heterocycles. The van der Waals surface area contributed by atoms with Crippen molar-refractivity contribution < 1.29 is 13.5 Å². The van der Waals surface area contributed by atoms with Gasteiger partial charge in [0.15, 0.2) is 5.82 Å². The topological polar surface area (TPSA) is 53.1 Å². The van der Waals surface area contributed by atoms with Crippen LogP contribution in [-0.2, 0) is 6.61 Å². The third-order valence-electron chi connectivity index (χ3n) is 3.07. The summed E-state index contributed by atoms with van der Waals surface area (Å²) in [5.74, 6) is 0.783. The minimum Gasteiger partial charge on any atom is -0.485 e. The number of para-hydroxylation sites is 1. The molecule has 0 aliphatic carbocycles. The van der Waals surface area contributed by atoms with E-state index in [9.17, 15) is 8.78 Å². The molecule has 6 heteroatoms. The third kappa shape index (κ3) is 3.14. The number of hydrogen-bond acceptors (Lipinski definition) is 3. The monoisotopic (exact) mass is 281 g/mol. The Morgan fingerprint density at radius 3 is 2.80 bits per heavy atom. The molecule has 0 bridgehead atoms. The van der Waals surface area contributed by atoms with Crippen molar-refractivity contribution in [2.75, 3.05) is 0 Å². The summed E-state index contributed by atoms with van der Waals surface area (Å²) in [4.78, 5) is 3.87. The normalized spacial score (nSPS) is 12.7. The van der Waals surface area contributed by atoms with Gasteiger partial charge in [0.25, 0.3) is 0 Å². The van der Waals surface area contributed by atoms with E-state index >= 15 is 0 Å². The summed E-state index contributed by atoms with van der Waals surface area (Å²) >= 11 is 0. The van der Waals surface area contributed by atoms with Crippen LogP contribution in [0.3, 0.4) is 0 Å². The van der Waals surface area contributed by atoms with E-state index in [1.807, 2.05) is 25.1 Å². The van der Waals surface area contributed by atoms with E-state index in [1.165, 1.54) is 12.4 Å². The molecule has 1 heterocycles. The lowest BCUT2D eigenvalue weighted by molar-refractivity contribution is 0.0632. The van der Waals surface area contributed by atoms with Crippen LogP contribution in [0.5, 0.6) is 5.75 Å². The van der Waals surface area contributed by atoms with Gasteiger partial charge in [-0.3, -0.25) is 4.57 Å². The number of ether oxygens (including phenoxy) is 1. The second kappa shape index (κ2) is 6.47. The van der Waals surface area contributed by atoms with E-state index in [0.717, 1.165) is 16.6 Å². The maximum absolute atomic E-state index is 12.7. The van der Waals surface area contributed by atoms with Crippen molar-refractivity contribution >= 4 is 0 Å². The Morgan fingerprint density at radius 2 is 2.10 bits per heavy atom. The third-order valence-corrected chi connectivity index (χ3v) is 3.07. The first kappa shape index (κ1) is 14.5. The van der Waals surface area contributed by atoms with Gasteiger partial charge in [0.1, 0.15) is 12.4 Å². The zero-order valence-electron chi connectivity index (χ0n) is 11.2. The number of alkyl halides is 2. The summed E-state index contributed by atoms with van der Waals surface area (Å²) in [5, 5.41) is 0. The Kier molecular flexibility index (Phi) is 4.68. The van der Waals surface area contributed by atoms with Crippen LogP contribution in [0.1, 0.15) is 37.3 Å². The molecule has 0 aliphatic rings. The van der Waals surface area contributed by atoms with Crippen LogP contribution in [0, 0.1) is 0 Å². The highest BCUT2D eigenvalue weighted by Gasteiger charge is 2.14. The molecule has 0 amide bonds. The number of aromatic nitrogens is 2. The Bertz CT molecular complexity index is 557. The average molecular weight is 281 g/mol. The minimum absolute atomic E-state index is 0.0230. The molecule has 1 aromatic carbocycles. The molecule has 4 nitrogen and oxygen atoms in total. The van der Waals surface area contributed by atoms with E-state index < -0.39 is 6.55 Å². The van der Waals surface area contributed by atoms with Gasteiger partial charge in [0.2, 0.25) is 0 Å². The van der Waals surface area contributed by atoms with Gasteiger partial charge in [0.05, 0.1) is 0 Å². The highest BCUT2D eigenvalue weighted by atomic mass is 19.3. The molecule has 2 N–H and O–H groups in total. The first-order valence-electron chi connectivity index (χ1n) is 6.40. The number of hydrogen-bond donors (Lipinski definition) is 1. The molecular weight excluding hydrogens is 264 g/mol. The number of halogens is 2. The SMILES string of the molecule is CC[C@H](N)c1ccccc1OCc1nccn1C(F)F. The van der Waals surface area contributed by atoms with E-state index in [1.54, 1.807) is 6.07 Å². The predicted octanol–water partition coefficient (Wildman–Crippen LogP) is 3.27. The van der Waals surface area contributed by atoms with Crippen molar-refractivity contribution in [2.45, 2.75) is 32.5 Å². The lowest BCUT2D eigenvalue weighted by atomic mass is 10.0. The number of nitrogens with two attached hydrogens (primary N) is 1. The summed E-state index contributed by atoms with van der Waals surface area (Å²) in [6.45, 7) is -0.667. The molecule has 1 atom stereocenters. The molecular formula is C14H17F2N3O. The number of nitrogens with zero attached hydrogens (tertiary/aromatic N) is 2. The quantitative estimate of drug-likeness (QED) is 0.884. The van der Waals surface area contributed by atoms with Crippen molar-refractivity contribution in [2.24, 2.45) is 5.73 Å². The van der Waals surface area contributed by atoms with Crippen LogP contribution in [0.25, 0.3) is 0 Å².